The van der Waals surface area contributed by atoms with Gasteiger partial charge in [0.25, 0.3) is 0 Å². The number of hydrogen-bond acceptors (Lipinski definition) is 4. The van der Waals surface area contributed by atoms with E-state index in [1.807, 2.05) is 0 Å². The summed E-state index contributed by atoms with van der Waals surface area (Å²) >= 11 is 0. The molecule has 2 heterocycles. The zero-order valence-electron chi connectivity index (χ0n) is 15.2. The van der Waals surface area contributed by atoms with Gasteiger partial charge >= 0.3 is 12.1 Å². The molecule has 144 valence electrons. The molecule has 0 N–H and O–H groups in total. The van der Waals surface area contributed by atoms with Gasteiger partial charge in [-0.2, -0.15) is 13.2 Å². The topological polar surface area (TPSA) is 38.8 Å². The average Bonchev–Trinajstić information content (AvgIpc) is 2.75. The van der Waals surface area contributed by atoms with Crippen molar-refractivity contribution in [2.45, 2.75) is 70.0 Å². The van der Waals surface area contributed by atoms with E-state index in [4.69, 9.17) is 9.47 Å². The van der Waals surface area contributed by atoms with Crippen molar-refractivity contribution in [1.82, 2.24) is 4.90 Å². The Hall–Kier alpha value is -1.76. The van der Waals surface area contributed by atoms with Crippen molar-refractivity contribution < 1.29 is 27.4 Å². The van der Waals surface area contributed by atoms with Crippen LogP contribution in [0.15, 0.2) is 18.2 Å². The van der Waals surface area contributed by atoms with Crippen molar-refractivity contribution in [3.8, 4) is 5.75 Å². The molecule has 3 rings (SSSR count). The lowest BCUT2D eigenvalue weighted by atomic mass is 10.00. The first-order valence-electron chi connectivity index (χ1n) is 8.96. The summed E-state index contributed by atoms with van der Waals surface area (Å²) < 4.78 is 50.2. The van der Waals surface area contributed by atoms with Crippen LogP contribution in [0.25, 0.3) is 0 Å². The maximum absolute atomic E-state index is 13.0. The van der Waals surface area contributed by atoms with Gasteiger partial charge < -0.3 is 14.4 Å². The van der Waals surface area contributed by atoms with Crippen LogP contribution >= 0.6 is 0 Å². The number of piperidine rings is 1. The summed E-state index contributed by atoms with van der Waals surface area (Å²) in [7, 11) is 2.10. The maximum Gasteiger partial charge on any atom is 0.416 e. The molecule has 0 unspecified atom stereocenters. The zero-order chi connectivity index (χ0) is 19.1. The molecular weight excluding hydrogens is 347 g/mol. The number of halogens is 3. The summed E-state index contributed by atoms with van der Waals surface area (Å²) in [6.07, 6.45) is -1.22. The predicted octanol–water partition coefficient (Wildman–Crippen LogP) is 4.27. The molecule has 2 bridgehead atoms. The molecule has 0 aromatic heterocycles. The highest BCUT2D eigenvalue weighted by molar-refractivity contribution is 5.93. The van der Waals surface area contributed by atoms with Crippen LogP contribution in [0.1, 0.15) is 55.5 Å². The molecule has 0 radical (unpaired) electrons. The Labute approximate surface area is 151 Å². The fourth-order valence-electron chi connectivity index (χ4n) is 3.88. The monoisotopic (exact) mass is 371 g/mol. The molecule has 7 heteroatoms. The van der Waals surface area contributed by atoms with Gasteiger partial charge in [-0.15, -0.1) is 0 Å². The minimum atomic E-state index is -4.53. The first kappa shape index (κ1) is 19.0. The lowest BCUT2D eigenvalue weighted by molar-refractivity contribution is -0.137. The highest BCUT2D eigenvalue weighted by Gasteiger charge is 2.40. The third-order valence-corrected chi connectivity index (χ3v) is 5.22. The van der Waals surface area contributed by atoms with Crippen LogP contribution in [0, 0.1) is 0 Å². The first-order chi connectivity index (χ1) is 12.1. The second-order valence-corrected chi connectivity index (χ2v) is 7.42. The SMILES string of the molecule is CC(C)OC(=O)c1cc(C(F)(F)F)ccc1O[C@H]1C[C@H]2CC[C@@H](C1)N2C. The minimum Gasteiger partial charge on any atom is -0.489 e. The van der Waals surface area contributed by atoms with Crippen LogP contribution < -0.4 is 4.74 Å². The van der Waals surface area contributed by atoms with Crippen molar-refractivity contribution in [2.24, 2.45) is 0 Å². The molecule has 2 aliphatic heterocycles. The number of hydrogen-bond donors (Lipinski definition) is 0. The van der Waals surface area contributed by atoms with Gasteiger partial charge in [-0.25, -0.2) is 4.79 Å². The lowest BCUT2D eigenvalue weighted by Crippen LogP contribution is -2.44. The molecular formula is C19H24F3NO3. The first-order valence-corrected chi connectivity index (χ1v) is 8.96. The van der Waals surface area contributed by atoms with E-state index < -0.39 is 23.8 Å². The molecule has 0 amide bonds. The van der Waals surface area contributed by atoms with E-state index in [1.54, 1.807) is 13.8 Å². The number of carbonyl (C=O) groups is 1. The number of fused-ring (bicyclic) bond motifs is 2. The molecule has 2 aliphatic rings. The maximum atomic E-state index is 13.0. The summed E-state index contributed by atoms with van der Waals surface area (Å²) in [5, 5.41) is 0. The molecule has 0 spiro atoms. The van der Waals surface area contributed by atoms with E-state index in [9.17, 15) is 18.0 Å². The van der Waals surface area contributed by atoms with Gasteiger partial charge in [-0.1, -0.05) is 0 Å². The van der Waals surface area contributed by atoms with Gasteiger partial charge in [0, 0.05) is 12.1 Å². The normalized spacial score (nSPS) is 26.2. The molecule has 26 heavy (non-hydrogen) atoms. The Kier molecular flexibility index (Phi) is 5.19. The molecule has 3 atom stereocenters. The van der Waals surface area contributed by atoms with Crippen molar-refractivity contribution in [1.29, 1.82) is 0 Å². The van der Waals surface area contributed by atoms with Crippen molar-refractivity contribution in [3.63, 3.8) is 0 Å². The molecule has 1 aromatic rings. The van der Waals surface area contributed by atoms with Crippen LogP contribution in [-0.4, -0.2) is 42.2 Å². The number of carbonyl (C=O) groups excluding carboxylic acids is 1. The van der Waals surface area contributed by atoms with E-state index in [2.05, 4.69) is 11.9 Å². The molecule has 2 saturated heterocycles. The number of ether oxygens (including phenoxy) is 2. The highest BCUT2D eigenvalue weighted by Crippen LogP contribution is 2.38. The van der Waals surface area contributed by atoms with Crippen LogP contribution in [0.5, 0.6) is 5.75 Å². The zero-order valence-corrected chi connectivity index (χ0v) is 15.2. The van der Waals surface area contributed by atoms with Crippen molar-refractivity contribution >= 4 is 5.97 Å². The van der Waals surface area contributed by atoms with Gasteiger partial charge in [0.15, 0.2) is 0 Å². The van der Waals surface area contributed by atoms with E-state index in [0.29, 0.717) is 12.1 Å². The van der Waals surface area contributed by atoms with Crippen LogP contribution in [0.3, 0.4) is 0 Å². The quantitative estimate of drug-likeness (QED) is 0.741. The Balaban J connectivity index is 1.84. The van der Waals surface area contributed by atoms with Crippen molar-refractivity contribution in [3.05, 3.63) is 29.3 Å². The molecule has 4 nitrogen and oxygen atoms in total. The number of nitrogens with zero attached hydrogens (tertiary/aromatic N) is 1. The van der Waals surface area contributed by atoms with Gasteiger partial charge in [0.05, 0.1) is 11.7 Å². The molecule has 0 aliphatic carbocycles. The molecule has 2 fully saturated rings. The smallest absolute Gasteiger partial charge is 0.416 e. The van der Waals surface area contributed by atoms with Gasteiger partial charge in [0.2, 0.25) is 0 Å². The van der Waals surface area contributed by atoms with Crippen LogP contribution in [0.2, 0.25) is 0 Å². The Bertz CT molecular complexity index is 660. The van der Waals surface area contributed by atoms with Gasteiger partial charge in [0.1, 0.15) is 17.4 Å². The van der Waals surface area contributed by atoms with Crippen molar-refractivity contribution in [2.75, 3.05) is 7.05 Å². The third-order valence-electron chi connectivity index (χ3n) is 5.22. The van der Waals surface area contributed by atoms with E-state index >= 15 is 0 Å². The second-order valence-electron chi connectivity index (χ2n) is 7.42. The molecule has 1 aromatic carbocycles. The highest BCUT2D eigenvalue weighted by atomic mass is 19.4. The number of rotatable bonds is 4. The van der Waals surface area contributed by atoms with E-state index in [-0.39, 0.29) is 17.4 Å². The van der Waals surface area contributed by atoms with Crippen LogP contribution in [0.4, 0.5) is 13.2 Å². The minimum absolute atomic E-state index is 0.106. The number of alkyl halides is 3. The lowest BCUT2D eigenvalue weighted by Gasteiger charge is -2.36. The summed E-state index contributed by atoms with van der Waals surface area (Å²) in [6.45, 7) is 3.31. The summed E-state index contributed by atoms with van der Waals surface area (Å²) in [5.74, 6) is -0.630. The standard InChI is InChI=1S/C19H24F3NO3/c1-11(2)25-18(24)16-8-12(19(20,21)22)4-7-17(16)26-15-9-13-5-6-14(10-15)23(13)3/h4,7-8,11,13-15H,5-6,9-10H2,1-3H3/t13-,14+,15+. The third kappa shape index (κ3) is 3.98. The largest absolute Gasteiger partial charge is 0.489 e. The summed E-state index contributed by atoms with van der Waals surface area (Å²) in [5.41, 5.74) is -1.05. The van der Waals surface area contributed by atoms with Gasteiger partial charge in [-0.05, 0) is 64.8 Å². The van der Waals surface area contributed by atoms with E-state index in [1.165, 1.54) is 6.07 Å². The fraction of sp³-hybridized carbons (Fsp3) is 0.632. The Morgan fingerprint density at radius 2 is 1.81 bits per heavy atom. The summed E-state index contributed by atoms with van der Waals surface area (Å²) in [6, 6.07) is 3.87. The second kappa shape index (κ2) is 7.10. The Morgan fingerprint density at radius 3 is 2.35 bits per heavy atom. The number of esters is 1. The summed E-state index contributed by atoms with van der Waals surface area (Å²) in [4.78, 5) is 14.7. The van der Waals surface area contributed by atoms with E-state index in [0.717, 1.165) is 37.8 Å². The Morgan fingerprint density at radius 1 is 1.19 bits per heavy atom. The predicted molar refractivity (Wildman–Crippen MR) is 90.2 cm³/mol. The molecule has 0 saturated carbocycles. The number of benzene rings is 1. The van der Waals surface area contributed by atoms with Crippen LogP contribution in [-0.2, 0) is 10.9 Å². The fourth-order valence-corrected chi connectivity index (χ4v) is 3.88. The van der Waals surface area contributed by atoms with Gasteiger partial charge in [-0.3, -0.25) is 0 Å². The average molecular weight is 371 g/mol.